The number of amides is 1. The molecule has 0 heterocycles. The zero-order chi connectivity index (χ0) is 12.0. The summed E-state index contributed by atoms with van der Waals surface area (Å²) in [4.78, 5) is 15.1. The second-order valence-electron chi connectivity index (χ2n) is 3.18. The van der Waals surface area contributed by atoms with Crippen molar-refractivity contribution in [1.29, 1.82) is 0 Å². The molecule has 5 heteroatoms. The highest BCUT2D eigenvalue weighted by atomic mass is 16.3. The van der Waals surface area contributed by atoms with E-state index in [0.717, 1.165) is 5.56 Å². The number of aliphatic hydroxyl groups excluding tert-OH is 1. The van der Waals surface area contributed by atoms with Crippen LogP contribution in [0.2, 0.25) is 0 Å². The molecular formula is C11H14N2O3. The van der Waals surface area contributed by atoms with Crippen LogP contribution in [-0.2, 0) is 4.79 Å². The fourth-order valence-electron chi connectivity index (χ4n) is 1.10. The SMILES string of the molecule is CNC(=O)C(CO)N=Cc1ccc(O)cc1. The Labute approximate surface area is 93.5 Å². The van der Waals surface area contributed by atoms with Gasteiger partial charge in [-0.25, -0.2) is 0 Å². The van der Waals surface area contributed by atoms with Crippen LogP contribution in [-0.4, -0.2) is 42.0 Å². The van der Waals surface area contributed by atoms with E-state index in [0.29, 0.717) is 0 Å². The number of nitrogens with one attached hydrogen (secondary N) is 1. The monoisotopic (exact) mass is 222 g/mol. The molecule has 1 rings (SSSR count). The summed E-state index contributed by atoms with van der Waals surface area (Å²) in [5, 5.41) is 20.4. The molecule has 16 heavy (non-hydrogen) atoms. The number of nitrogens with zero attached hydrogens (tertiary/aromatic N) is 1. The lowest BCUT2D eigenvalue weighted by atomic mass is 10.2. The molecule has 1 atom stereocenters. The first kappa shape index (κ1) is 12.2. The van der Waals surface area contributed by atoms with Crippen LogP contribution in [0.5, 0.6) is 5.75 Å². The van der Waals surface area contributed by atoms with E-state index in [1.165, 1.54) is 25.4 Å². The standard InChI is InChI=1S/C11H14N2O3/c1-12-11(16)10(7-14)13-6-8-2-4-9(15)5-3-8/h2-6,10,14-15H,7H2,1H3,(H,12,16). The van der Waals surface area contributed by atoms with Gasteiger partial charge < -0.3 is 15.5 Å². The Bertz CT molecular complexity index is 373. The molecule has 86 valence electrons. The van der Waals surface area contributed by atoms with E-state index in [4.69, 9.17) is 10.2 Å². The number of hydrogen-bond acceptors (Lipinski definition) is 4. The van der Waals surface area contributed by atoms with Gasteiger partial charge in [0.05, 0.1) is 6.61 Å². The molecule has 5 nitrogen and oxygen atoms in total. The Morgan fingerprint density at radius 2 is 2.12 bits per heavy atom. The zero-order valence-corrected chi connectivity index (χ0v) is 8.92. The maximum absolute atomic E-state index is 11.2. The smallest absolute Gasteiger partial charge is 0.246 e. The van der Waals surface area contributed by atoms with Gasteiger partial charge in [0, 0.05) is 13.3 Å². The summed E-state index contributed by atoms with van der Waals surface area (Å²) in [6, 6.07) is 5.58. The van der Waals surface area contributed by atoms with E-state index in [1.54, 1.807) is 12.1 Å². The first-order chi connectivity index (χ1) is 7.67. The van der Waals surface area contributed by atoms with Gasteiger partial charge in [0.1, 0.15) is 5.75 Å². The number of carbonyl (C=O) groups is 1. The lowest BCUT2D eigenvalue weighted by molar-refractivity contribution is -0.122. The van der Waals surface area contributed by atoms with Crippen LogP contribution in [0.25, 0.3) is 0 Å². The zero-order valence-electron chi connectivity index (χ0n) is 8.92. The average molecular weight is 222 g/mol. The Morgan fingerprint density at radius 1 is 1.50 bits per heavy atom. The van der Waals surface area contributed by atoms with Crippen LogP contribution in [0.4, 0.5) is 0 Å². The van der Waals surface area contributed by atoms with Crippen molar-refractivity contribution in [3.63, 3.8) is 0 Å². The second kappa shape index (κ2) is 5.87. The summed E-state index contributed by atoms with van der Waals surface area (Å²) >= 11 is 0. The third kappa shape index (κ3) is 3.36. The maximum atomic E-state index is 11.2. The summed E-state index contributed by atoms with van der Waals surface area (Å²) in [5.41, 5.74) is 0.750. The fraction of sp³-hybridized carbons (Fsp3) is 0.273. The van der Waals surface area contributed by atoms with Gasteiger partial charge >= 0.3 is 0 Å². The molecular weight excluding hydrogens is 208 g/mol. The van der Waals surface area contributed by atoms with Gasteiger partial charge in [-0.15, -0.1) is 0 Å². The van der Waals surface area contributed by atoms with Crippen molar-refractivity contribution in [1.82, 2.24) is 5.32 Å². The van der Waals surface area contributed by atoms with Crippen molar-refractivity contribution in [2.75, 3.05) is 13.7 Å². The quantitative estimate of drug-likeness (QED) is 0.623. The minimum atomic E-state index is -0.793. The van der Waals surface area contributed by atoms with Gasteiger partial charge in [-0.05, 0) is 29.8 Å². The molecule has 0 aromatic heterocycles. The van der Waals surface area contributed by atoms with Gasteiger partial charge in [-0.1, -0.05) is 0 Å². The summed E-state index contributed by atoms with van der Waals surface area (Å²) < 4.78 is 0. The van der Waals surface area contributed by atoms with Crippen molar-refractivity contribution in [3.05, 3.63) is 29.8 Å². The average Bonchev–Trinajstić information content (AvgIpc) is 2.31. The number of carbonyl (C=O) groups excluding carboxylic acids is 1. The molecule has 1 aromatic carbocycles. The lowest BCUT2D eigenvalue weighted by Crippen LogP contribution is -2.33. The van der Waals surface area contributed by atoms with Crippen molar-refractivity contribution in [3.8, 4) is 5.75 Å². The summed E-state index contributed by atoms with van der Waals surface area (Å²) in [5.74, 6) is -0.167. The molecule has 3 N–H and O–H groups in total. The lowest BCUT2D eigenvalue weighted by Gasteiger charge is -2.06. The molecule has 0 aliphatic carbocycles. The highest BCUT2D eigenvalue weighted by molar-refractivity contribution is 5.86. The Kier molecular flexibility index (Phi) is 4.47. The van der Waals surface area contributed by atoms with Crippen LogP contribution in [0.1, 0.15) is 5.56 Å². The number of benzene rings is 1. The van der Waals surface area contributed by atoms with E-state index in [9.17, 15) is 4.79 Å². The summed E-state index contributed by atoms with van der Waals surface area (Å²) in [7, 11) is 1.49. The van der Waals surface area contributed by atoms with Gasteiger partial charge in [-0.3, -0.25) is 9.79 Å². The molecule has 0 aliphatic heterocycles. The molecule has 0 saturated carbocycles. The van der Waals surface area contributed by atoms with Crippen LogP contribution < -0.4 is 5.32 Å². The Hall–Kier alpha value is -1.88. The van der Waals surface area contributed by atoms with Gasteiger partial charge in [0.2, 0.25) is 5.91 Å². The van der Waals surface area contributed by atoms with Crippen LogP contribution >= 0.6 is 0 Å². The van der Waals surface area contributed by atoms with Crippen molar-refractivity contribution in [2.24, 2.45) is 4.99 Å². The fourth-order valence-corrected chi connectivity index (χ4v) is 1.10. The minimum absolute atomic E-state index is 0.169. The van der Waals surface area contributed by atoms with Crippen molar-refractivity contribution < 1.29 is 15.0 Å². The van der Waals surface area contributed by atoms with E-state index in [-0.39, 0.29) is 18.3 Å². The van der Waals surface area contributed by atoms with Crippen molar-refractivity contribution in [2.45, 2.75) is 6.04 Å². The maximum Gasteiger partial charge on any atom is 0.246 e. The number of aliphatic imine (C=N–C) groups is 1. The van der Waals surface area contributed by atoms with E-state index < -0.39 is 6.04 Å². The highest BCUT2D eigenvalue weighted by Gasteiger charge is 2.12. The molecule has 1 unspecified atom stereocenters. The predicted octanol–water partition coefficient (Wildman–Crippen LogP) is -0.0820. The highest BCUT2D eigenvalue weighted by Crippen LogP contribution is 2.08. The number of hydrogen-bond donors (Lipinski definition) is 3. The van der Waals surface area contributed by atoms with E-state index >= 15 is 0 Å². The molecule has 0 spiro atoms. The third-order valence-electron chi connectivity index (χ3n) is 2.02. The number of aromatic hydroxyl groups is 1. The number of rotatable bonds is 4. The van der Waals surface area contributed by atoms with Gasteiger partial charge in [-0.2, -0.15) is 0 Å². The summed E-state index contributed by atoms with van der Waals surface area (Å²) in [6.45, 7) is -0.339. The summed E-state index contributed by atoms with van der Waals surface area (Å²) in [6.07, 6.45) is 1.48. The molecule has 1 amide bonds. The Balaban J connectivity index is 2.71. The number of phenolic OH excluding ortho intramolecular Hbond substituents is 1. The predicted molar refractivity (Wildman–Crippen MR) is 60.6 cm³/mol. The molecule has 0 fully saturated rings. The molecule has 0 radical (unpaired) electrons. The number of aliphatic hydroxyl groups is 1. The molecule has 0 aliphatic rings. The largest absolute Gasteiger partial charge is 0.508 e. The van der Waals surface area contributed by atoms with Crippen LogP contribution in [0.3, 0.4) is 0 Å². The molecule has 0 saturated heterocycles. The first-order valence-corrected chi connectivity index (χ1v) is 4.82. The van der Waals surface area contributed by atoms with Crippen molar-refractivity contribution >= 4 is 12.1 Å². The van der Waals surface area contributed by atoms with E-state index in [1.807, 2.05) is 0 Å². The first-order valence-electron chi connectivity index (χ1n) is 4.82. The van der Waals surface area contributed by atoms with Crippen LogP contribution in [0, 0.1) is 0 Å². The van der Waals surface area contributed by atoms with Gasteiger partial charge in [0.15, 0.2) is 6.04 Å². The minimum Gasteiger partial charge on any atom is -0.508 e. The normalized spacial score (nSPS) is 12.6. The van der Waals surface area contributed by atoms with E-state index in [2.05, 4.69) is 10.3 Å². The molecule has 1 aromatic rings. The topological polar surface area (TPSA) is 81.9 Å². The third-order valence-corrected chi connectivity index (χ3v) is 2.02. The Morgan fingerprint density at radius 3 is 2.62 bits per heavy atom. The number of likely N-dealkylation sites (N-methyl/N-ethyl adjacent to an activating group) is 1. The molecule has 0 bridgehead atoms. The second-order valence-corrected chi connectivity index (χ2v) is 3.18. The number of phenols is 1. The van der Waals surface area contributed by atoms with Gasteiger partial charge in [0.25, 0.3) is 0 Å². The van der Waals surface area contributed by atoms with Crippen LogP contribution in [0.15, 0.2) is 29.3 Å².